The number of carboxylic acid groups (broad SMARTS) is 1. The SMILES string of the molecule is O=C1CN(S(=O)(=O)c2ccc(C(=O)NC3CC(C(=O)O)C3)cc2)CCN1. The Morgan fingerprint density at radius 1 is 1.19 bits per heavy atom. The molecule has 0 bridgehead atoms. The van der Waals surface area contributed by atoms with E-state index in [-0.39, 0.29) is 42.4 Å². The van der Waals surface area contributed by atoms with Gasteiger partial charge in [0.25, 0.3) is 5.91 Å². The first-order chi connectivity index (χ1) is 12.3. The zero-order valence-corrected chi connectivity index (χ0v) is 14.7. The highest BCUT2D eigenvalue weighted by Crippen LogP contribution is 2.27. The highest BCUT2D eigenvalue weighted by atomic mass is 32.2. The van der Waals surface area contributed by atoms with Gasteiger partial charge in [-0.1, -0.05) is 0 Å². The van der Waals surface area contributed by atoms with Crippen molar-refractivity contribution in [2.75, 3.05) is 19.6 Å². The minimum Gasteiger partial charge on any atom is -0.481 e. The van der Waals surface area contributed by atoms with E-state index in [1.807, 2.05) is 0 Å². The number of benzene rings is 1. The first kappa shape index (κ1) is 18.3. The molecule has 2 aliphatic rings. The third kappa shape index (κ3) is 3.70. The van der Waals surface area contributed by atoms with Gasteiger partial charge in [0.15, 0.2) is 0 Å². The second kappa shape index (κ2) is 7.04. The predicted molar refractivity (Wildman–Crippen MR) is 89.8 cm³/mol. The molecule has 0 unspecified atom stereocenters. The molecule has 1 saturated carbocycles. The molecule has 1 aromatic carbocycles. The number of carbonyl (C=O) groups excluding carboxylic acids is 2. The van der Waals surface area contributed by atoms with Gasteiger partial charge >= 0.3 is 5.97 Å². The van der Waals surface area contributed by atoms with Crippen LogP contribution in [0.2, 0.25) is 0 Å². The fraction of sp³-hybridized carbons (Fsp3) is 0.438. The molecular formula is C16H19N3O6S. The molecule has 1 heterocycles. The summed E-state index contributed by atoms with van der Waals surface area (Å²) in [7, 11) is -3.80. The number of hydrogen-bond acceptors (Lipinski definition) is 5. The number of carboxylic acids is 1. The molecule has 3 N–H and O–H groups in total. The number of rotatable bonds is 5. The Morgan fingerprint density at radius 2 is 1.85 bits per heavy atom. The lowest BCUT2D eigenvalue weighted by Gasteiger charge is -2.32. The third-order valence-corrected chi connectivity index (χ3v) is 6.44. The van der Waals surface area contributed by atoms with Gasteiger partial charge in [0.1, 0.15) is 0 Å². The van der Waals surface area contributed by atoms with E-state index in [1.165, 1.54) is 24.3 Å². The molecule has 26 heavy (non-hydrogen) atoms. The van der Waals surface area contributed by atoms with Gasteiger partial charge in [-0.05, 0) is 37.1 Å². The molecule has 1 saturated heterocycles. The lowest BCUT2D eigenvalue weighted by Crippen LogP contribution is -2.49. The summed E-state index contributed by atoms with van der Waals surface area (Å²) in [6, 6.07) is 5.28. The summed E-state index contributed by atoms with van der Waals surface area (Å²) in [6.07, 6.45) is 0.787. The van der Waals surface area contributed by atoms with Crippen LogP contribution in [0.25, 0.3) is 0 Å². The van der Waals surface area contributed by atoms with Gasteiger partial charge < -0.3 is 15.7 Å². The van der Waals surface area contributed by atoms with E-state index < -0.39 is 21.9 Å². The van der Waals surface area contributed by atoms with Crippen molar-refractivity contribution in [3.63, 3.8) is 0 Å². The number of nitrogens with one attached hydrogen (secondary N) is 2. The van der Waals surface area contributed by atoms with Gasteiger partial charge in [0, 0.05) is 24.7 Å². The number of aliphatic carboxylic acids is 1. The van der Waals surface area contributed by atoms with Gasteiger partial charge in [-0.3, -0.25) is 14.4 Å². The average Bonchev–Trinajstić information content (AvgIpc) is 2.57. The third-order valence-electron chi connectivity index (χ3n) is 4.58. The normalized spacial score (nSPS) is 23.6. The van der Waals surface area contributed by atoms with Gasteiger partial charge in [-0.25, -0.2) is 8.42 Å². The van der Waals surface area contributed by atoms with Crippen LogP contribution in [-0.4, -0.2) is 61.3 Å². The summed E-state index contributed by atoms with van der Waals surface area (Å²) < 4.78 is 26.2. The number of piperazine rings is 1. The fourth-order valence-corrected chi connectivity index (χ4v) is 4.35. The van der Waals surface area contributed by atoms with Crippen LogP contribution >= 0.6 is 0 Å². The van der Waals surface area contributed by atoms with E-state index in [1.54, 1.807) is 0 Å². The second-order valence-corrected chi connectivity index (χ2v) is 8.33. The Balaban J connectivity index is 1.63. The van der Waals surface area contributed by atoms with Crippen LogP contribution in [-0.2, 0) is 19.6 Å². The van der Waals surface area contributed by atoms with Gasteiger partial charge in [0.2, 0.25) is 15.9 Å². The van der Waals surface area contributed by atoms with Crippen LogP contribution in [0.4, 0.5) is 0 Å². The Bertz CT molecular complexity index is 830. The van der Waals surface area contributed by atoms with E-state index in [0.29, 0.717) is 18.4 Å². The average molecular weight is 381 g/mol. The molecule has 1 aliphatic carbocycles. The number of nitrogens with zero attached hydrogens (tertiary/aromatic N) is 1. The molecule has 140 valence electrons. The van der Waals surface area contributed by atoms with Crippen molar-refractivity contribution in [2.45, 2.75) is 23.8 Å². The van der Waals surface area contributed by atoms with Crippen molar-refractivity contribution >= 4 is 27.8 Å². The molecule has 0 atom stereocenters. The number of carbonyl (C=O) groups is 3. The topological polar surface area (TPSA) is 133 Å². The smallest absolute Gasteiger partial charge is 0.306 e. The summed E-state index contributed by atoms with van der Waals surface area (Å²) >= 11 is 0. The maximum Gasteiger partial charge on any atom is 0.306 e. The molecule has 0 spiro atoms. The molecule has 0 aromatic heterocycles. The van der Waals surface area contributed by atoms with Crippen LogP contribution in [0.5, 0.6) is 0 Å². The van der Waals surface area contributed by atoms with Gasteiger partial charge in [-0.15, -0.1) is 0 Å². The maximum absolute atomic E-state index is 12.5. The van der Waals surface area contributed by atoms with Crippen molar-refractivity contribution in [1.29, 1.82) is 0 Å². The van der Waals surface area contributed by atoms with Crippen LogP contribution < -0.4 is 10.6 Å². The molecular weight excluding hydrogens is 362 g/mol. The fourth-order valence-electron chi connectivity index (χ4n) is 2.95. The van der Waals surface area contributed by atoms with Crippen molar-refractivity contribution in [3.8, 4) is 0 Å². The zero-order chi connectivity index (χ0) is 18.9. The lowest BCUT2D eigenvalue weighted by atomic mass is 9.80. The van der Waals surface area contributed by atoms with E-state index in [0.717, 1.165) is 4.31 Å². The molecule has 2 amide bonds. The summed E-state index contributed by atoms with van der Waals surface area (Å²) in [4.78, 5) is 34.3. The molecule has 10 heteroatoms. The minimum absolute atomic E-state index is 0.0123. The van der Waals surface area contributed by atoms with Crippen LogP contribution in [0.3, 0.4) is 0 Å². The summed E-state index contributed by atoms with van der Waals surface area (Å²) in [5.41, 5.74) is 0.291. The molecule has 9 nitrogen and oxygen atoms in total. The highest BCUT2D eigenvalue weighted by molar-refractivity contribution is 7.89. The van der Waals surface area contributed by atoms with Crippen molar-refractivity contribution in [2.24, 2.45) is 5.92 Å². The first-order valence-corrected chi connectivity index (χ1v) is 9.62. The minimum atomic E-state index is -3.80. The second-order valence-electron chi connectivity index (χ2n) is 6.39. The largest absolute Gasteiger partial charge is 0.481 e. The number of hydrogen-bond donors (Lipinski definition) is 3. The van der Waals surface area contributed by atoms with Crippen molar-refractivity contribution in [1.82, 2.24) is 14.9 Å². The Labute approximate surface area is 150 Å². The van der Waals surface area contributed by atoms with E-state index in [4.69, 9.17) is 5.11 Å². The zero-order valence-electron chi connectivity index (χ0n) is 13.8. The Kier molecular flexibility index (Phi) is 4.97. The van der Waals surface area contributed by atoms with Crippen molar-refractivity contribution < 1.29 is 27.9 Å². The predicted octanol–water partition coefficient (Wildman–Crippen LogP) is -0.600. The van der Waals surface area contributed by atoms with Crippen molar-refractivity contribution in [3.05, 3.63) is 29.8 Å². The van der Waals surface area contributed by atoms with Crippen LogP contribution in [0, 0.1) is 5.92 Å². The number of sulfonamides is 1. The van der Waals surface area contributed by atoms with E-state index >= 15 is 0 Å². The highest BCUT2D eigenvalue weighted by Gasteiger charge is 2.35. The van der Waals surface area contributed by atoms with Gasteiger partial charge in [-0.2, -0.15) is 4.31 Å². The van der Waals surface area contributed by atoms with E-state index in [2.05, 4.69) is 10.6 Å². The molecule has 1 aromatic rings. The molecule has 0 radical (unpaired) electrons. The monoisotopic (exact) mass is 381 g/mol. The lowest BCUT2D eigenvalue weighted by molar-refractivity contribution is -0.145. The summed E-state index contributed by atoms with van der Waals surface area (Å²) in [5.74, 6) is -2.01. The summed E-state index contributed by atoms with van der Waals surface area (Å²) in [6.45, 7) is 0.233. The quantitative estimate of drug-likeness (QED) is 0.624. The molecule has 3 rings (SSSR count). The summed E-state index contributed by atoms with van der Waals surface area (Å²) in [5, 5.41) is 14.1. The molecule has 1 aliphatic heterocycles. The first-order valence-electron chi connectivity index (χ1n) is 8.18. The van der Waals surface area contributed by atoms with Gasteiger partial charge in [0.05, 0.1) is 17.4 Å². The Hall–Kier alpha value is -2.46. The van der Waals surface area contributed by atoms with Crippen LogP contribution in [0.1, 0.15) is 23.2 Å². The van der Waals surface area contributed by atoms with E-state index in [9.17, 15) is 22.8 Å². The molecule has 2 fully saturated rings. The Morgan fingerprint density at radius 3 is 2.42 bits per heavy atom. The maximum atomic E-state index is 12.5. The standard InChI is InChI=1S/C16H19N3O6S/c20-14-9-19(6-5-17-14)26(24,25)13-3-1-10(2-4-13)15(21)18-12-7-11(8-12)16(22)23/h1-4,11-12H,5-9H2,(H,17,20)(H,18,21)(H,22,23). The van der Waals surface area contributed by atoms with Crippen LogP contribution in [0.15, 0.2) is 29.2 Å². The number of amides is 2.